The Balaban J connectivity index is 1.98. The maximum Gasteiger partial charge on any atom is 0.119 e. The van der Waals surface area contributed by atoms with Crippen LogP contribution < -0.4 is 10.1 Å². The molecule has 1 aromatic rings. The second kappa shape index (κ2) is 8.01. The van der Waals surface area contributed by atoms with Crippen LogP contribution in [0.1, 0.15) is 25.3 Å². The van der Waals surface area contributed by atoms with E-state index in [1.54, 1.807) is 7.11 Å². The molecule has 1 N–H and O–H groups in total. The number of rotatable bonds is 6. The summed E-state index contributed by atoms with van der Waals surface area (Å²) in [6, 6.07) is 6.21. The van der Waals surface area contributed by atoms with E-state index in [4.69, 9.17) is 4.74 Å². The fourth-order valence-corrected chi connectivity index (χ4v) is 3.15. The second-order valence-electron chi connectivity index (χ2n) is 5.48. The molecule has 1 heterocycles. The molecule has 0 saturated carbocycles. The lowest BCUT2D eigenvalue weighted by Gasteiger charge is -2.29. The molecule has 0 amide bonds. The molecule has 0 unspecified atom stereocenters. The first kappa shape index (κ1) is 15.8. The summed E-state index contributed by atoms with van der Waals surface area (Å²) in [6.07, 6.45) is 2.60. The van der Waals surface area contributed by atoms with E-state index in [1.165, 1.54) is 42.5 Å². The lowest BCUT2D eigenvalue weighted by molar-refractivity contribution is 0.206. The molecule has 1 aromatic carbocycles. The van der Waals surface area contributed by atoms with E-state index in [0.717, 1.165) is 24.8 Å². The summed E-state index contributed by atoms with van der Waals surface area (Å²) in [5.41, 5.74) is 1.31. The average molecular weight is 341 g/mol. The summed E-state index contributed by atoms with van der Waals surface area (Å²) >= 11 is 3.65. The van der Waals surface area contributed by atoms with E-state index in [2.05, 4.69) is 45.2 Å². The molecule has 0 radical (unpaired) electrons. The fourth-order valence-electron chi connectivity index (χ4n) is 2.78. The quantitative estimate of drug-likeness (QED) is 0.859. The van der Waals surface area contributed by atoms with Crippen LogP contribution in [-0.4, -0.2) is 38.2 Å². The molecular formula is C16H25BrN2O. The molecule has 4 heteroatoms. The Morgan fingerprint density at radius 2 is 2.10 bits per heavy atom. The van der Waals surface area contributed by atoms with Crippen LogP contribution >= 0.6 is 15.9 Å². The van der Waals surface area contributed by atoms with Crippen LogP contribution in [0.4, 0.5) is 0 Å². The molecule has 112 valence electrons. The molecule has 20 heavy (non-hydrogen) atoms. The number of nitrogens with one attached hydrogen (secondary N) is 1. The third kappa shape index (κ3) is 4.47. The van der Waals surface area contributed by atoms with Gasteiger partial charge in [-0.2, -0.15) is 0 Å². The minimum atomic E-state index is 0.834. The van der Waals surface area contributed by atoms with Gasteiger partial charge in [0.25, 0.3) is 0 Å². The lowest BCUT2D eigenvalue weighted by atomic mass is 9.97. The first-order chi connectivity index (χ1) is 9.72. The first-order valence-corrected chi connectivity index (χ1v) is 8.27. The van der Waals surface area contributed by atoms with Crippen molar-refractivity contribution < 1.29 is 4.74 Å². The van der Waals surface area contributed by atoms with Gasteiger partial charge in [-0.25, -0.2) is 0 Å². The van der Waals surface area contributed by atoms with Crippen LogP contribution in [0.5, 0.6) is 5.75 Å². The lowest BCUT2D eigenvalue weighted by Crippen LogP contribution is -2.36. The molecule has 0 aromatic heterocycles. The van der Waals surface area contributed by atoms with Crippen molar-refractivity contribution in [1.82, 2.24) is 10.2 Å². The summed E-state index contributed by atoms with van der Waals surface area (Å²) in [6.45, 7) is 7.86. The van der Waals surface area contributed by atoms with Gasteiger partial charge in [0, 0.05) is 17.6 Å². The summed E-state index contributed by atoms with van der Waals surface area (Å²) in [5, 5.41) is 3.44. The van der Waals surface area contributed by atoms with Crippen molar-refractivity contribution in [2.24, 2.45) is 5.92 Å². The van der Waals surface area contributed by atoms with Crippen LogP contribution in [0.15, 0.2) is 22.7 Å². The monoisotopic (exact) mass is 340 g/mol. The van der Waals surface area contributed by atoms with Crippen LogP contribution in [0.3, 0.4) is 0 Å². The molecule has 1 fully saturated rings. The minimum Gasteiger partial charge on any atom is -0.497 e. The van der Waals surface area contributed by atoms with Gasteiger partial charge in [-0.15, -0.1) is 0 Å². The SMILES string of the molecule is CCN(Cc1cc(OC)ccc1Br)CC1CCNCC1. The van der Waals surface area contributed by atoms with Crippen molar-refractivity contribution in [3.63, 3.8) is 0 Å². The Morgan fingerprint density at radius 3 is 2.75 bits per heavy atom. The number of hydrogen-bond acceptors (Lipinski definition) is 3. The van der Waals surface area contributed by atoms with Gasteiger partial charge in [-0.1, -0.05) is 22.9 Å². The Hall–Kier alpha value is -0.580. The average Bonchev–Trinajstić information content (AvgIpc) is 2.49. The van der Waals surface area contributed by atoms with Gasteiger partial charge >= 0.3 is 0 Å². The van der Waals surface area contributed by atoms with Crippen molar-refractivity contribution in [2.75, 3.05) is 33.3 Å². The zero-order chi connectivity index (χ0) is 14.4. The maximum absolute atomic E-state index is 5.33. The molecule has 1 saturated heterocycles. The topological polar surface area (TPSA) is 24.5 Å². The highest BCUT2D eigenvalue weighted by molar-refractivity contribution is 9.10. The van der Waals surface area contributed by atoms with E-state index >= 15 is 0 Å². The smallest absolute Gasteiger partial charge is 0.119 e. The van der Waals surface area contributed by atoms with Crippen molar-refractivity contribution in [2.45, 2.75) is 26.3 Å². The molecule has 1 aliphatic heterocycles. The Labute approximate surface area is 130 Å². The summed E-state index contributed by atoms with van der Waals surface area (Å²) in [7, 11) is 1.72. The molecule has 3 nitrogen and oxygen atoms in total. The van der Waals surface area contributed by atoms with Crippen molar-refractivity contribution >= 4 is 15.9 Å². The Bertz CT molecular complexity index is 419. The number of benzene rings is 1. The molecule has 1 aliphatic rings. The third-order valence-electron chi connectivity index (χ3n) is 4.07. The molecule has 2 rings (SSSR count). The van der Waals surface area contributed by atoms with E-state index in [0.29, 0.717) is 0 Å². The maximum atomic E-state index is 5.33. The molecule has 0 spiro atoms. The Kier molecular flexibility index (Phi) is 6.33. The van der Waals surface area contributed by atoms with Crippen molar-refractivity contribution in [3.8, 4) is 5.75 Å². The number of piperidine rings is 1. The van der Waals surface area contributed by atoms with Gasteiger partial charge in [0.15, 0.2) is 0 Å². The predicted octanol–water partition coefficient (Wildman–Crippen LogP) is 3.28. The molecular weight excluding hydrogens is 316 g/mol. The van der Waals surface area contributed by atoms with Crippen LogP contribution in [-0.2, 0) is 6.54 Å². The van der Waals surface area contributed by atoms with Gasteiger partial charge in [-0.05, 0) is 62.2 Å². The van der Waals surface area contributed by atoms with Crippen LogP contribution in [0, 0.1) is 5.92 Å². The van der Waals surface area contributed by atoms with Gasteiger partial charge in [-0.3, -0.25) is 4.90 Å². The van der Waals surface area contributed by atoms with Crippen LogP contribution in [0.25, 0.3) is 0 Å². The van der Waals surface area contributed by atoms with E-state index in [-0.39, 0.29) is 0 Å². The number of ether oxygens (including phenoxy) is 1. The number of hydrogen-bond donors (Lipinski definition) is 1. The molecule has 0 atom stereocenters. The van der Waals surface area contributed by atoms with Gasteiger partial charge in [0.1, 0.15) is 5.75 Å². The fraction of sp³-hybridized carbons (Fsp3) is 0.625. The van der Waals surface area contributed by atoms with Crippen molar-refractivity contribution in [1.29, 1.82) is 0 Å². The second-order valence-corrected chi connectivity index (χ2v) is 6.33. The minimum absolute atomic E-state index is 0.834. The van der Waals surface area contributed by atoms with E-state index in [1.807, 2.05) is 6.07 Å². The summed E-state index contributed by atoms with van der Waals surface area (Å²) in [4.78, 5) is 2.54. The Morgan fingerprint density at radius 1 is 1.35 bits per heavy atom. The first-order valence-electron chi connectivity index (χ1n) is 7.48. The zero-order valence-electron chi connectivity index (χ0n) is 12.5. The highest BCUT2D eigenvalue weighted by atomic mass is 79.9. The van der Waals surface area contributed by atoms with Crippen LogP contribution in [0.2, 0.25) is 0 Å². The predicted molar refractivity (Wildman–Crippen MR) is 87.2 cm³/mol. The standard InChI is InChI=1S/C16H25BrN2O/c1-3-19(11-13-6-8-18-9-7-13)12-14-10-15(20-2)4-5-16(14)17/h4-5,10,13,18H,3,6-9,11-12H2,1-2H3. The summed E-state index contributed by atoms with van der Waals surface area (Å²) < 4.78 is 6.50. The molecule has 0 aliphatic carbocycles. The van der Waals surface area contributed by atoms with Crippen molar-refractivity contribution in [3.05, 3.63) is 28.2 Å². The largest absolute Gasteiger partial charge is 0.497 e. The number of nitrogens with zero attached hydrogens (tertiary/aromatic N) is 1. The number of methoxy groups -OCH3 is 1. The summed E-state index contributed by atoms with van der Waals surface area (Å²) in [5.74, 6) is 1.77. The highest BCUT2D eigenvalue weighted by Crippen LogP contribution is 2.24. The van der Waals surface area contributed by atoms with Gasteiger partial charge < -0.3 is 10.1 Å². The third-order valence-corrected chi connectivity index (χ3v) is 4.84. The van der Waals surface area contributed by atoms with E-state index in [9.17, 15) is 0 Å². The highest BCUT2D eigenvalue weighted by Gasteiger charge is 2.17. The van der Waals surface area contributed by atoms with E-state index < -0.39 is 0 Å². The van der Waals surface area contributed by atoms with Gasteiger partial charge in [0.2, 0.25) is 0 Å². The zero-order valence-corrected chi connectivity index (χ0v) is 14.1. The normalized spacial score (nSPS) is 16.6. The molecule has 0 bridgehead atoms. The van der Waals surface area contributed by atoms with Gasteiger partial charge in [0.05, 0.1) is 7.11 Å². The number of halogens is 1.